The summed E-state index contributed by atoms with van der Waals surface area (Å²) in [5, 5.41) is 14.5. The molecule has 0 radical (unpaired) electrons. The molecule has 0 aliphatic carbocycles. The van der Waals surface area contributed by atoms with Crippen LogP contribution in [0.25, 0.3) is 0 Å². The smallest absolute Gasteiger partial charge is 0.220 e. The molecule has 80 heavy (non-hydrogen) atoms. The Morgan fingerprint density at radius 2 is 0.925 bits per heavy atom. The summed E-state index contributed by atoms with van der Waals surface area (Å²) in [5.74, 6) is -0.255. The van der Waals surface area contributed by atoms with Crippen molar-refractivity contribution in [2.75, 3.05) is 20.3 Å². The van der Waals surface area contributed by atoms with Crippen molar-refractivity contribution in [2.24, 2.45) is 0 Å². The highest BCUT2D eigenvalue weighted by Gasteiger charge is 2.57. The molecule has 16 atom stereocenters. The monoisotopic (exact) mass is 1100 g/mol. The van der Waals surface area contributed by atoms with Crippen LogP contribution >= 0.6 is 0 Å². The van der Waals surface area contributed by atoms with Gasteiger partial charge in [0.2, 0.25) is 5.91 Å². The number of nitrogens with one attached hydrogen (secondary N) is 1. The van der Waals surface area contributed by atoms with E-state index in [0.717, 1.165) is 33.4 Å². The van der Waals surface area contributed by atoms with Crippen LogP contribution in [0.5, 0.6) is 0 Å². The molecule has 16 heteroatoms. The Kier molecular flexibility index (Phi) is 20.7. The molecule has 6 aromatic carbocycles. The number of aliphatic hydroxyl groups is 1. The fraction of sp³-hybridized carbons (Fsp3) is 0.422. The van der Waals surface area contributed by atoms with Gasteiger partial charge in [0.1, 0.15) is 67.1 Å². The van der Waals surface area contributed by atoms with Crippen molar-refractivity contribution in [1.82, 2.24) is 5.32 Å². The van der Waals surface area contributed by atoms with Gasteiger partial charge in [-0.15, -0.1) is 0 Å². The van der Waals surface area contributed by atoms with E-state index >= 15 is 0 Å². The number of carbonyl (C=O) groups excluding carboxylic acids is 1. The third-order valence-corrected chi connectivity index (χ3v) is 14.8. The van der Waals surface area contributed by atoms with E-state index in [1.54, 1.807) is 6.92 Å². The fourth-order valence-electron chi connectivity index (χ4n) is 10.6. The first-order chi connectivity index (χ1) is 39.3. The van der Waals surface area contributed by atoms with E-state index in [0.29, 0.717) is 0 Å². The number of rotatable bonds is 24. The Balaban J connectivity index is 1.06. The van der Waals surface area contributed by atoms with Gasteiger partial charge in [0.05, 0.1) is 52.4 Å². The molecule has 4 heterocycles. The minimum atomic E-state index is -1.25. The van der Waals surface area contributed by atoms with E-state index < -0.39 is 105 Å². The van der Waals surface area contributed by atoms with Crippen molar-refractivity contribution in [3.63, 3.8) is 0 Å². The third kappa shape index (κ3) is 14.6. The summed E-state index contributed by atoms with van der Waals surface area (Å²) in [4.78, 5) is 13.5. The lowest BCUT2D eigenvalue weighted by molar-refractivity contribution is -0.395. The maximum absolute atomic E-state index is 13.5. The Bertz CT molecular complexity index is 2740. The lowest BCUT2D eigenvalue weighted by atomic mass is 9.94. The number of aliphatic hydroxyl groups excluding tert-OH is 1. The van der Waals surface area contributed by atoms with Gasteiger partial charge >= 0.3 is 0 Å². The van der Waals surface area contributed by atoms with E-state index in [1.165, 1.54) is 7.11 Å². The zero-order valence-electron chi connectivity index (χ0n) is 45.4. The first kappa shape index (κ1) is 57.5. The summed E-state index contributed by atoms with van der Waals surface area (Å²) in [7, 11) is 1.52. The number of carbonyl (C=O) groups is 1. The highest BCUT2D eigenvalue weighted by Crippen LogP contribution is 2.41. The summed E-state index contributed by atoms with van der Waals surface area (Å²) in [6, 6.07) is 57.8. The van der Waals surface area contributed by atoms with Gasteiger partial charge in [-0.2, -0.15) is 0 Å². The Labute approximate surface area is 468 Å². The molecule has 1 amide bonds. The van der Waals surface area contributed by atoms with Crippen LogP contribution in [0.3, 0.4) is 0 Å². The average Bonchev–Trinajstić information content (AvgIpc) is 3.52. The van der Waals surface area contributed by atoms with Gasteiger partial charge < -0.3 is 72.0 Å². The van der Waals surface area contributed by atoms with Crippen LogP contribution in [0.15, 0.2) is 182 Å². The van der Waals surface area contributed by atoms with Gasteiger partial charge in [0.15, 0.2) is 25.2 Å². The number of benzene rings is 6. The van der Waals surface area contributed by atoms with E-state index in [2.05, 4.69) is 5.32 Å². The Hall–Kier alpha value is -5.77. The second-order valence-electron chi connectivity index (χ2n) is 20.3. The Morgan fingerprint density at radius 3 is 1.40 bits per heavy atom. The standard InChI is InChI=1S/C64H73NO15/c1-4-51(67)65-52-56(55-50(77-62(52)68-3)41-74-61(78-55)48-33-21-10-22-34-48)79-63-60(73-40-47-31-19-9-20-32-47)58(53(42(2)75-63)69-36-43-23-11-5-12-24-43)80-64-59(72-39-46-29-17-8-18-30-46)57(71-38-45-27-15-7-16-28-45)54(49(35-66)76-64)70-37-44-25-13-6-14-26-44/h5-34,42,49-50,52-64,66H,4,35-41H2,1-3H3,(H,65,67)/t42-,49-,50+,52+,53-,54-,55+,56+,57+,58+,59+,60+,61+,62+,63-,64-/m0/s1. The molecule has 4 saturated heterocycles. The molecule has 0 saturated carbocycles. The lowest BCUT2D eigenvalue weighted by Gasteiger charge is -2.52. The highest BCUT2D eigenvalue weighted by atomic mass is 16.8. The van der Waals surface area contributed by atoms with Crippen molar-refractivity contribution in [3.8, 4) is 0 Å². The molecule has 6 aromatic rings. The second kappa shape index (κ2) is 28.8. The Morgan fingerprint density at radius 1 is 0.500 bits per heavy atom. The maximum Gasteiger partial charge on any atom is 0.220 e. The molecule has 2 N–H and O–H groups in total. The van der Waals surface area contributed by atoms with Crippen LogP contribution in [-0.4, -0.2) is 123 Å². The molecule has 16 nitrogen and oxygen atoms in total. The molecular formula is C64H73NO15. The molecule has 4 fully saturated rings. The highest BCUT2D eigenvalue weighted by molar-refractivity contribution is 5.76. The third-order valence-electron chi connectivity index (χ3n) is 14.8. The molecule has 4 aliphatic rings. The van der Waals surface area contributed by atoms with Gasteiger partial charge in [-0.25, -0.2) is 0 Å². The quantitative estimate of drug-likeness (QED) is 0.0591. The normalized spacial score (nSPS) is 30.5. The first-order valence-electron chi connectivity index (χ1n) is 27.7. The number of ether oxygens (including phenoxy) is 13. The van der Waals surface area contributed by atoms with Crippen molar-refractivity contribution in [1.29, 1.82) is 0 Å². The van der Waals surface area contributed by atoms with Crippen molar-refractivity contribution in [3.05, 3.63) is 215 Å². The number of fused-ring (bicyclic) bond motifs is 1. The molecule has 0 spiro atoms. The fourth-order valence-corrected chi connectivity index (χ4v) is 10.6. The van der Waals surface area contributed by atoms with Crippen LogP contribution in [0.2, 0.25) is 0 Å². The van der Waals surface area contributed by atoms with Crippen LogP contribution in [0, 0.1) is 0 Å². The topological polar surface area (TPSA) is 169 Å². The predicted octanol–water partition coefficient (Wildman–Crippen LogP) is 8.53. The molecular weight excluding hydrogens is 1020 g/mol. The van der Waals surface area contributed by atoms with Crippen molar-refractivity contribution >= 4 is 5.91 Å². The molecule has 0 unspecified atom stereocenters. The molecule has 4 aliphatic heterocycles. The summed E-state index contributed by atoms with van der Waals surface area (Å²) >= 11 is 0. The molecule has 0 aromatic heterocycles. The minimum absolute atomic E-state index is 0.0995. The van der Waals surface area contributed by atoms with Crippen LogP contribution in [0.1, 0.15) is 59.9 Å². The summed E-state index contributed by atoms with van der Waals surface area (Å²) < 4.78 is 89.3. The second-order valence-corrected chi connectivity index (χ2v) is 20.3. The van der Waals surface area contributed by atoms with Gasteiger partial charge in [-0.3, -0.25) is 4.79 Å². The largest absolute Gasteiger partial charge is 0.394 e. The minimum Gasteiger partial charge on any atom is -0.394 e. The van der Waals surface area contributed by atoms with E-state index in [9.17, 15) is 9.90 Å². The van der Waals surface area contributed by atoms with E-state index in [-0.39, 0.29) is 52.0 Å². The molecule has 0 bridgehead atoms. The van der Waals surface area contributed by atoms with Gasteiger partial charge in [0.25, 0.3) is 0 Å². The lowest BCUT2D eigenvalue weighted by Crippen LogP contribution is -2.70. The van der Waals surface area contributed by atoms with Crippen molar-refractivity contribution < 1.29 is 71.5 Å². The van der Waals surface area contributed by atoms with Crippen LogP contribution < -0.4 is 5.32 Å². The van der Waals surface area contributed by atoms with Crippen LogP contribution in [-0.2, 0) is 99.4 Å². The average molecular weight is 1100 g/mol. The zero-order valence-corrected chi connectivity index (χ0v) is 45.4. The van der Waals surface area contributed by atoms with E-state index in [1.807, 2.05) is 189 Å². The molecule has 424 valence electrons. The summed E-state index contributed by atoms with van der Waals surface area (Å²) in [5.41, 5.74) is 5.33. The maximum atomic E-state index is 13.5. The van der Waals surface area contributed by atoms with Crippen molar-refractivity contribution in [2.45, 2.75) is 152 Å². The molecule has 10 rings (SSSR count). The summed E-state index contributed by atoms with van der Waals surface area (Å²) in [6.07, 6.45) is -13.9. The first-order valence-corrected chi connectivity index (χ1v) is 27.7. The SMILES string of the molecule is CCC(=O)N[C@H]1[C@H](OC)O[C@@H]2CO[C@@H](c3ccccc3)O[C@H]2[C@@H]1O[C@@H]1O[C@@H](C)[C@H](OCc2ccccc2)[C@@H](O[C@@H]2O[C@@H](CO)[C@H](OCc3ccccc3)[C@@H](OCc3ccccc3)[C@H]2OCc2ccccc2)[C@H]1OCc1ccccc1. The van der Waals surface area contributed by atoms with Gasteiger partial charge in [-0.05, 0) is 34.7 Å². The number of amides is 1. The zero-order chi connectivity index (χ0) is 55.0. The van der Waals surface area contributed by atoms with E-state index in [4.69, 9.17) is 61.6 Å². The van der Waals surface area contributed by atoms with Crippen LogP contribution in [0.4, 0.5) is 0 Å². The van der Waals surface area contributed by atoms with Gasteiger partial charge in [-0.1, -0.05) is 189 Å². The number of methoxy groups -OCH3 is 1. The number of hydrogen-bond donors (Lipinski definition) is 2. The summed E-state index contributed by atoms with van der Waals surface area (Å²) in [6.45, 7) is 4.18. The predicted molar refractivity (Wildman–Crippen MR) is 293 cm³/mol. The van der Waals surface area contributed by atoms with Gasteiger partial charge in [0, 0.05) is 19.1 Å². The number of hydrogen-bond acceptors (Lipinski definition) is 15.